The maximum Gasteiger partial charge on any atom is 0.330 e. The summed E-state index contributed by atoms with van der Waals surface area (Å²) >= 11 is 1.49. The number of carbonyl (C=O) groups is 2. The molecule has 2 aliphatic heterocycles. The summed E-state index contributed by atoms with van der Waals surface area (Å²) in [5.74, 6) is -0.747. The summed E-state index contributed by atoms with van der Waals surface area (Å²) in [5, 5.41) is 16.2. The van der Waals surface area contributed by atoms with Crippen molar-refractivity contribution in [2.45, 2.75) is 82.9 Å². The molecular weight excluding hydrogens is 629 g/mol. The topological polar surface area (TPSA) is 148 Å². The van der Waals surface area contributed by atoms with Gasteiger partial charge in [0.15, 0.2) is 0 Å². The number of carboxylic acids is 1. The van der Waals surface area contributed by atoms with Crippen molar-refractivity contribution in [3.63, 3.8) is 0 Å². The van der Waals surface area contributed by atoms with Gasteiger partial charge in [-0.1, -0.05) is 32.4 Å². The Morgan fingerprint density at radius 1 is 1.20 bits per heavy atom. The fourth-order valence-corrected chi connectivity index (χ4v) is 9.13. The van der Waals surface area contributed by atoms with Gasteiger partial charge in [0, 0.05) is 34.7 Å². The van der Waals surface area contributed by atoms with Gasteiger partial charge < -0.3 is 19.9 Å². The Balaban J connectivity index is 1.36. The minimum atomic E-state index is -3.84. The Labute approximate surface area is 273 Å². The van der Waals surface area contributed by atoms with Crippen LogP contribution in [0.4, 0.5) is 0 Å². The van der Waals surface area contributed by atoms with Crippen LogP contribution >= 0.6 is 11.3 Å². The first-order valence-electron chi connectivity index (χ1n) is 15.8. The number of pyridine rings is 1. The molecule has 4 heterocycles. The predicted molar refractivity (Wildman–Crippen MR) is 176 cm³/mol. The van der Waals surface area contributed by atoms with E-state index in [0.717, 1.165) is 34.5 Å². The van der Waals surface area contributed by atoms with Crippen LogP contribution in [-0.2, 0) is 19.6 Å². The van der Waals surface area contributed by atoms with Gasteiger partial charge in [-0.05, 0) is 50.7 Å². The fraction of sp³-hybridized carbons (Fsp3) is 0.515. The van der Waals surface area contributed by atoms with Gasteiger partial charge in [0.1, 0.15) is 39.9 Å². The first kappa shape index (κ1) is 32.4. The monoisotopic (exact) mass is 668 g/mol. The number of methoxy groups -OCH3 is 1. The van der Waals surface area contributed by atoms with Crippen molar-refractivity contribution in [3.8, 4) is 22.2 Å². The molecule has 2 fully saturated rings. The zero-order valence-corrected chi connectivity index (χ0v) is 28.1. The quantitative estimate of drug-likeness (QED) is 0.345. The molecule has 2 aromatic heterocycles. The summed E-state index contributed by atoms with van der Waals surface area (Å²) in [6.07, 6.45) is 6.21. The molecule has 1 aromatic carbocycles. The van der Waals surface area contributed by atoms with Crippen LogP contribution in [0.5, 0.6) is 11.5 Å². The molecule has 46 heavy (non-hydrogen) atoms. The second kappa shape index (κ2) is 12.6. The van der Waals surface area contributed by atoms with Crippen molar-refractivity contribution < 1.29 is 32.6 Å². The number of aliphatic carboxylic acids is 1. The fourth-order valence-electron chi connectivity index (χ4n) is 6.42. The smallest absolute Gasteiger partial charge is 0.330 e. The zero-order chi connectivity index (χ0) is 32.8. The molecule has 1 saturated heterocycles. The van der Waals surface area contributed by atoms with Crippen LogP contribution in [0.1, 0.15) is 69.5 Å². The number of carbonyl (C=O) groups excluding carboxylic acids is 1. The Morgan fingerprint density at radius 2 is 2.00 bits per heavy atom. The van der Waals surface area contributed by atoms with Crippen LogP contribution < -0.4 is 14.8 Å². The molecule has 3 aromatic rings. The minimum absolute atomic E-state index is 0.0349. The number of rotatable bonds is 6. The summed E-state index contributed by atoms with van der Waals surface area (Å²) in [6, 6.07) is 4.42. The number of hydrogen-bond donors (Lipinski definition) is 2. The van der Waals surface area contributed by atoms with E-state index in [1.807, 2.05) is 42.7 Å². The van der Waals surface area contributed by atoms with E-state index in [1.54, 1.807) is 7.11 Å². The van der Waals surface area contributed by atoms with Gasteiger partial charge in [-0.15, -0.1) is 11.3 Å². The predicted octanol–water partition coefficient (Wildman–Crippen LogP) is 5.04. The minimum Gasteiger partial charge on any atom is -0.496 e. The average molecular weight is 669 g/mol. The molecule has 11 nitrogen and oxygen atoms in total. The molecule has 1 unspecified atom stereocenters. The Kier molecular flexibility index (Phi) is 8.85. The molecule has 3 aliphatic rings. The van der Waals surface area contributed by atoms with Gasteiger partial charge in [0.25, 0.3) is 0 Å². The maximum absolute atomic E-state index is 13.7. The molecule has 0 radical (unpaired) electrons. The number of thiazole rings is 1. The summed E-state index contributed by atoms with van der Waals surface area (Å²) in [7, 11) is -2.24. The van der Waals surface area contributed by atoms with Crippen LogP contribution in [0.3, 0.4) is 0 Å². The number of allylic oxidation sites excluding steroid dienone is 1. The molecule has 246 valence electrons. The van der Waals surface area contributed by atoms with Crippen molar-refractivity contribution in [2.24, 2.45) is 5.92 Å². The number of sulfonamides is 1. The van der Waals surface area contributed by atoms with E-state index in [1.165, 1.54) is 15.6 Å². The van der Waals surface area contributed by atoms with Crippen molar-refractivity contribution in [1.82, 2.24) is 19.6 Å². The summed E-state index contributed by atoms with van der Waals surface area (Å²) in [6.45, 7) is 6.04. The molecule has 1 saturated carbocycles. The lowest BCUT2D eigenvalue weighted by Gasteiger charge is -2.25. The van der Waals surface area contributed by atoms with Gasteiger partial charge in [-0.2, -0.15) is 4.31 Å². The Hall–Kier alpha value is -3.55. The number of ether oxygens (including phenoxy) is 2. The third kappa shape index (κ3) is 6.12. The molecule has 0 bridgehead atoms. The number of nitrogens with zero attached hydrogens (tertiary/aromatic N) is 3. The highest BCUT2D eigenvalue weighted by Gasteiger charge is 2.61. The Morgan fingerprint density at radius 3 is 2.72 bits per heavy atom. The summed E-state index contributed by atoms with van der Waals surface area (Å²) in [5.41, 5.74) is 1.65. The summed E-state index contributed by atoms with van der Waals surface area (Å²) < 4.78 is 40.7. The Bertz CT molecular complexity index is 1800. The van der Waals surface area contributed by atoms with Crippen LogP contribution in [-0.4, -0.2) is 76.8 Å². The maximum atomic E-state index is 13.7. The molecule has 1 amide bonds. The normalized spacial score (nSPS) is 27.3. The number of fused-ring (bicyclic) bond motifs is 3. The molecule has 13 heteroatoms. The van der Waals surface area contributed by atoms with E-state index in [4.69, 9.17) is 19.4 Å². The molecule has 4 atom stereocenters. The highest BCUT2D eigenvalue weighted by Crippen LogP contribution is 2.46. The van der Waals surface area contributed by atoms with Crippen LogP contribution in [0.2, 0.25) is 0 Å². The van der Waals surface area contributed by atoms with Gasteiger partial charge >= 0.3 is 5.97 Å². The standard InChI is InChI=1S/C33H40N4O7S2/c1-19(2)25-18-45-31(35-25)24-15-28(23-11-12-27(43-4)20(3)29(23)34-24)44-22-14-26-30(38)36-33(32(39)40)16-21(33)10-8-6-5-7-9-13-46(41,42)37(26)17-22/h8,10-12,15,18-19,21-22,26H,5-7,9,13-14,16-17H2,1-4H3,(H,36,38)(H,39,40)/b10-8+/t21-,22?,26+,33-/m1/s1. The SMILES string of the molecule is COc1ccc2c(OC3C[C@H]4C(=O)N[C@]5(C(=O)O)C[C@H]5/C=C/CCCCCS(=O)(=O)N4C3)cc(-c3nc(C(C)C)cs3)nc2c1C. The number of aryl methyl sites for hydroxylation is 1. The van der Waals surface area contributed by atoms with Crippen molar-refractivity contribution in [2.75, 3.05) is 19.4 Å². The highest BCUT2D eigenvalue weighted by atomic mass is 32.2. The lowest BCUT2D eigenvalue weighted by molar-refractivity contribution is -0.144. The van der Waals surface area contributed by atoms with E-state index in [-0.39, 0.29) is 37.0 Å². The third-order valence-corrected chi connectivity index (χ3v) is 12.1. The molecule has 0 spiro atoms. The number of benzene rings is 1. The first-order chi connectivity index (χ1) is 21.9. The van der Waals surface area contributed by atoms with Crippen molar-refractivity contribution >= 4 is 44.1 Å². The van der Waals surface area contributed by atoms with E-state index in [2.05, 4.69) is 19.2 Å². The lowest BCUT2D eigenvalue weighted by atomic mass is 10.1. The van der Waals surface area contributed by atoms with Gasteiger partial charge in [-0.25, -0.2) is 23.2 Å². The zero-order valence-electron chi connectivity index (χ0n) is 26.5. The largest absolute Gasteiger partial charge is 0.496 e. The molecule has 2 N–H and O–H groups in total. The van der Waals surface area contributed by atoms with Crippen molar-refractivity contribution in [1.29, 1.82) is 0 Å². The van der Waals surface area contributed by atoms with E-state index in [9.17, 15) is 23.1 Å². The second-order valence-electron chi connectivity index (χ2n) is 12.8. The lowest BCUT2D eigenvalue weighted by Crippen LogP contribution is -2.53. The van der Waals surface area contributed by atoms with E-state index >= 15 is 0 Å². The number of hydrogen-bond acceptors (Lipinski definition) is 9. The van der Waals surface area contributed by atoms with Crippen LogP contribution in [0.15, 0.2) is 35.7 Å². The average Bonchev–Trinajstić information content (AvgIpc) is 3.33. The summed E-state index contributed by atoms with van der Waals surface area (Å²) in [4.78, 5) is 35.8. The number of aromatic nitrogens is 2. The van der Waals surface area contributed by atoms with E-state index in [0.29, 0.717) is 35.6 Å². The van der Waals surface area contributed by atoms with Crippen molar-refractivity contribution in [3.05, 3.63) is 47.0 Å². The molecule has 6 rings (SSSR count). The first-order valence-corrected chi connectivity index (χ1v) is 18.2. The molecule has 1 aliphatic carbocycles. The number of carboxylic acid groups (broad SMARTS) is 1. The molecular formula is C33H40N4O7S2. The number of nitrogens with one attached hydrogen (secondary N) is 1. The second-order valence-corrected chi connectivity index (χ2v) is 15.7. The van der Waals surface area contributed by atoms with E-state index < -0.39 is 39.6 Å². The van der Waals surface area contributed by atoms with Gasteiger partial charge in [0.05, 0.1) is 30.6 Å². The number of amides is 1. The van der Waals surface area contributed by atoms with Gasteiger partial charge in [-0.3, -0.25) is 4.79 Å². The van der Waals surface area contributed by atoms with Crippen LogP contribution in [0.25, 0.3) is 21.6 Å². The third-order valence-electron chi connectivity index (χ3n) is 9.25. The highest BCUT2D eigenvalue weighted by molar-refractivity contribution is 7.89. The van der Waals surface area contributed by atoms with Gasteiger partial charge in [0.2, 0.25) is 15.9 Å². The van der Waals surface area contributed by atoms with Crippen LogP contribution in [0, 0.1) is 12.8 Å².